The highest BCUT2D eigenvalue weighted by Crippen LogP contribution is 1.99. The molecule has 0 saturated carbocycles. The van der Waals surface area contributed by atoms with Crippen molar-refractivity contribution in [1.82, 2.24) is 15.1 Å². The third-order valence-electron chi connectivity index (χ3n) is 2.25. The van der Waals surface area contributed by atoms with Crippen molar-refractivity contribution in [3.8, 4) is 0 Å². The van der Waals surface area contributed by atoms with Gasteiger partial charge in [-0.1, -0.05) is 0 Å². The molecule has 0 aliphatic carbocycles. The van der Waals surface area contributed by atoms with Crippen molar-refractivity contribution in [2.24, 2.45) is 7.05 Å². The predicted octanol–water partition coefficient (Wildman–Crippen LogP) is -0.917. The SMILES string of the molecule is COC(=O)[C@H](CO)NC(=O)/C=C/c1ccnn1C. The first-order valence-corrected chi connectivity index (χ1v) is 5.23. The predicted molar refractivity (Wildman–Crippen MR) is 63.3 cm³/mol. The number of carbonyl (C=O) groups is 2. The van der Waals surface area contributed by atoms with E-state index in [9.17, 15) is 9.59 Å². The third kappa shape index (κ3) is 3.70. The minimum atomic E-state index is -1.06. The lowest BCUT2D eigenvalue weighted by atomic mass is 10.3. The molecule has 0 saturated heterocycles. The monoisotopic (exact) mass is 253 g/mol. The Morgan fingerprint density at radius 1 is 1.67 bits per heavy atom. The molecular formula is C11H15N3O4. The second kappa shape index (κ2) is 6.55. The highest BCUT2D eigenvalue weighted by atomic mass is 16.5. The number of esters is 1. The van der Waals surface area contributed by atoms with Crippen molar-refractivity contribution in [1.29, 1.82) is 0 Å². The number of hydrogen-bond acceptors (Lipinski definition) is 5. The van der Waals surface area contributed by atoms with Gasteiger partial charge in [-0.3, -0.25) is 9.48 Å². The molecule has 1 atom stereocenters. The Labute approximate surface area is 104 Å². The van der Waals surface area contributed by atoms with Crippen LogP contribution >= 0.6 is 0 Å². The molecule has 0 bridgehead atoms. The number of rotatable bonds is 5. The second-order valence-electron chi connectivity index (χ2n) is 3.48. The molecule has 0 spiro atoms. The van der Waals surface area contributed by atoms with E-state index in [0.29, 0.717) is 0 Å². The van der Waals surface area contributed by atoms with Crippen molar-refractivity contribution in [2.45, 2.75) is 6.04 Å². The summed E-state index contributed by atoms with van der Waals surface area (Å²) >= 11 is 0. The van der Waals surface area contributed by atoms with Gasteiger partial charge >= 0.3 is 5.97 Å². The number of nitrogens with one attached hydrogen (secondary N) is 1. The smallest absolute Gasteiger partial charge is 0.330 e. The number of aliphatic hydroxyl groups excluding tert-OH is 1. The Hall–Kier alpha value is -2.15. The van der Waals surface area contributed by atoms with Crippen LogP contribution in [0.25, 0.3) is 6.08 Å². The van der Waals surface area contributed by atoms with Gasteiger partial charge in [0.2, 0.25) is 5.91 Å². The second-order valence-corrected chi connectivity index (χ2v) is 3.48. The summed E-state index contributed by atoms with van der Waals surface area (Å²) in [6.45, 7) is -0.516. The molecule has 18 heavy (non-hydrogen) atoms. The first-order chi connectivity index (χ1) is 8.58. The van der Waals surface area contributed by atoms with Crippen molar-refractivity contribution in [3.05, 3.63) is 24.0 Å². The van der Waals surface area contributed by atoms with E-state index in [1.807, 2.05) is 0 Å². The first-order valence-electron chi connectivity index (χ1n) is 5.23. The van der Waals surface area contributed by atoms with Crippen LogP contribution in [0.3, 0.4) is 0 Å². The molecule has 1 rings (SSSR count). The number of aromatic nitrogens is 2. The van der Waals surface area contributed by atoms with Crippen LogP contribution < -0.4 is 5.32 Å². The van der Waals surface area contributed by atoms with E-state index in [1.165, 1.54) is 13.2 Å². The fourth-order valence-corrected chi connectivity index (χ4v) is 1.25. The van der Waals surface area contributed by atoms with Gasteiger partial charge in [0.15, 0.2) is 6.04 Å². The number of hydrogen-bond donors (Lipinski definition) is 2. The number of nitrogens with zero attached hydrogens (tertiary/aromatic N) is 2. The average Bonchev–Trinajstić information content (AvgIpc) is 2.78. The molecular weight excluding hydrogens is 238 g/mol. The molecule has 0 fully saturated rings. The van der Waals surface area contributed by atoms with Gasteiger partial charge in [0.05, 0.1) is 19.4 Å². The molecule has 0 aliphatic heterocycles. The summed E-state index contributed by atoms with van der Waals surface area (Å²) in [6, 6.07) is 0.673. The van der Waals surface area contributed by atoms with E-state index < -0.39 is 24.5 Å². The summed E-state index contributed by atoms with van der Waals surface area (Å²) in [6.07, 6.45) is 4.40. The Kier molecular flexibility index (Phi) is 5.06. The maximum Gasteiger partial charge on any atom is 0.330 e. The number of amides is 1. The molecule has 0 aromatic carbocycles. The standard InChI is InChI=1S/C11H15N3O4/c1-14-8(5-6-12-14)3-4-10(16)13-9(7-15)11(17)18-2/h3-6,9,15H,7H2,1-2H3,(H,13,16)/b4-3+/t9-/m0/s1. The van der Waals surface area contributed by atoms with Crippen LogP contribution in [0.15, 0.2) is 18.3 Å². The maximum atomic E-state index is 11.5. The minimum Gasteiger partial charge on any atom is -0.467 e. The number of carbonyl (C=O) groups excluding carboxylic acids is 2. The number of ether oxygens (including phenoxy) is 1. The Balaban J connectivity index is 2.58. The zero-order chi connectivity index (χ0) is 13.5. The van der Waals surface area contributed by atoms with Gasteiger partial charge in [-0.15, -0.1) is 0 Å². The molecule has 1 amide bonds. The Morgan fingerprint density at radius 3 is 2.89 bits per heavy atom. The summed E-state index contributed by atoms with van der Waals surface area (Å²) in [5, 5.41) is 15.2. The minimum absolute atomic E-state index is 0.499. The highest BCUT2D eigenvalue weighted by Gasteiger charge is 2.19. The van der Waals surface area contributed by atoms with E-state index in [-0.39, 0.29) is 0 Å². The molecule has 2 N–H and O–H groups in total. The maximum absolute atomic E-state index is 11.5. The van der Waals surface area contributed by atoms with Gasteiger partial charge in [0.1, 0.15) is 0 Å². The van der Waals surface area contributed by atoms with Crippen LogP contribution in [0.1, 0.15) is 5.69 Å². The number of aliphatic hydroxyl groups is 1. The molecule has 1 aromatic heterocycles. The van der Waals surface area contributed by atoms with Gasteiger partial charge < -0.3 is 15.2 Å². The quantitative estimate of drug-likeness (QED) is 0.523. The van der Waals surface area contributed by atoms with Crippen LogP contribution in [-0.4, -0.2) is 46.5 Å². The van der Waals surface area contributed by atoms with E-state index >= 15 is 0 Å². The number of methoxy groups -OCH3 is 1. The Morgan fingerprint density at radius 2 is 2.39 bits per heavy atom. The third-order valence-corrected chi connectivity index (χ3v) is 2.25. The zero-order valence-electron chi connectivity index (χ0n) is 10.2. The van der Waals surface area contributed by atoms with Crippen molar-refractivity contribution >= 4 is 18.0 Å². The van der Waals surface area contributed by atoms with Crippen LogP contribution in [-0.2, 0) is 21.4 Å². The summed E-state index contributed by atoms with van der Waals surface area (Å²) < 4.78 is 6.01. The van der Waals surface area contributed by atoms with E-state index in [1.54, 1.807) is 30.1 Å². The zero-order valence-corrected chi connectivity index (χ0v) is 10.2. The summed E-state index contributed by atoms with van der Waals surface area (Å²) in [4.78, 5) is 22.6. The summed E-state index contributed by atoms with van der Waals surface area (Å²) in [5.41, 5.74) is 0.740. The molecule has 0 unspecified atom stereocenters. The molecule has 1 aromatic rings. The largest absolute Gasteiger partial charge is 0.467 e. The van der Waals surface area contributed by atoms with Gasteiger partial charge in [-0.25, -0.2) is 4.79 Å². The summed E-state index contributed by atoms with van der Waals surface area (Å²) in [7, 11) is 2.92. The number of aryl methyl sites for hydroxylation is 1. The highest BCUT2D eigenvalue weighted by molar-refractivity contribution is 5.94. The van der Waals surface area contributed by atoms with E-state index in [4.69, 9.17) is 5.11 Å². The summed E-state index contributed by atoms with van der Waals surface area (Å²) in [5.74, 6) is -1.19. The Bertz CT molecular complexity index is 453. The van der Waals surface area contributed by atoms with Crippen LogP contribution in [0, 0.1) is 0 Å². The molecule has 0 radical (unpaired) electrons. The van der Waals surface area contributed by atoms with Gasteiger partial charge in [0, 0.05) is 19.3 Å². The normalized spacial score (nSPS) is 12.4. The van der Waals surface area contributed by atoms with E-state index in [2.05, 4.69) is 15.2 Å². The van der Waals surface area contributed by atoms with E-state index in [0.717, 1.165) is 5.69 Å². The van der Waals surface area contributed by atoms with Crippen molar-refractivity contribution < 1.29 is 19.4 Å². The average molecular weight is 253 g/mol. The molecule has 1 heterocycles. The van der Waals surface area contributed by atoms with Gasteiger partial charge in [-0.05, 0) is 12.1 Å². The lowest BCUT2D eigenvalue weighted by molar-refractivity contribution is -0.145. The topological polar surface area (TPSA) is 93.4 Å². The van der Waals surface area contributed by atoms with Crippen LogP contribution in [0.5, 0.6) is 0 Å². The van der Waals surface area contributed by atoms with Crippen molar-refractivity contribution in [2.75, 3.05) is 13.7 Å². The van der Waals surface area contributed by atoms with Gasteiger partial charge in [-0.2, -0.15) is 5.10 Å². The first kappa shape index (κ1) is 13.9. The van der Waals surface area contributed by atoms with Crippen molar-refractivity contribution in [3.63, 3.8) is 0 Å². The molecule has 7 nitrogen and oxygen atoms in total. The molecule has 98 valence electrons. The van der Waals surface area contributed by atoms with Crippen LogP contribution in [0.4, 0.5) is 0 Å². The fourth-order valence-electron chi connectivity index (χ4n) is 1.25. The fraction of sp³-hybridized carbons (Fsp3) is 0.364. The molecule has 0 aliphatic rings. The lowest BCUT2D eigenvalue weighted by Gasteiger charge is -2.11. The van der Waals surface area contributed by atoms with Crippen LogP contribution in [0.2, 0.25) is 0 Å². The molecule has 7 heteroatoms. The van der Waals surface area contributed by atoms with Gasteiger partial charge in [0.25, 0.3) is 0 Å². The lowest BCUT2D eigenvalue weighted by Crippen LogP contribution is -2.43.